The Bertz CT molecular complexity index is 392. The molecule has 94 valence electrons. The van der Waals surface area contributed by atoms with Crippen molar-refractivity contribution in [2.75, 3.05) is 6.61 Å². The number of ether oxygens (including phenoxy) is 1. The third-order valence-corrected chi connectivity index (χ3v) is 3.23. The van der Waals surface area contributed by atoms with E-state index in [0.717, 1.165) is 6.07 Å². The van der Waals surface area contributed by atoms with E-state index in [0.29, 0.717) is 19.4 Å². The molecule has 17 heavy (non-hydrogen) atoms. The monoisotopic (exact) mass is 264 g/mol. The highest BCUT2D eigenvalue weighted by Gasteiger charge is 2.36. The van der Waals surface area contributed by atoms with Gasteiger partial charge in [0, 0.05) is 12.0 Å². The Labute approximate surface area is 103 Å². The van der Waals surface area contributed by atoms with Gasteiger partial charge in [0.25, 0.3) is 0 Å². The van der Waals surface area contributed by atoms with Crippen LogP contribution >= 0.6 is 11.6 Å². The van der Waals surface area contributed by atoms with Gasteiger partial charge in [0.15, 0.2) is 0 Å². The Kier molecular flexibility index (Phi) is 3.64. The predicted molar refractivity (Wildman–Crippen MR) is 59.0 cm³/mol. The number of halogens is 4. The van der Waals surface area contributed by atoms with Gasteiger partial charge in [-0.2, -0.15) is 13.2 Å². The summed E-state index contributed by atoms with van der Waals surface area (Å²) in [6.07, 6.45) is -3.79. The molecule has 1 aromatic carbocycles. The molecule has 2 unspecified atom stereocenters. The van der Waals surface area contributed by atoms with Gasteiger partial charge in [0.2, 0.25) is 0 Å². The van der Waals surface area contributed by atoms with Crippen molar-refractivity contribution in [2.24, 2.45) is 0 Å². The SMILES string of the molecule is FC(F)(F)c1ccccc1C1CC(Cl)CCO1. The molecule has 1 aliphatic heterocycles. The summed E-state index contributed by atoms with van der Waals surface area (Å²) in [6, 6.07) is 5.51. The zero-order chi connectivity index (χ0) is 12.5. The first-order valence-corrected chi connectivity index (χ1v) is 5.84. The second kappa shape index (κ2) is 4.86. The molecule has 1 aliphatic rings. The van der Waals surface area contributed by atoms with E-state index in [1.54, 1.807) is 6.07 Å². The molecule has 2 rings (SSSR count). The molecule has 1 saturated heterocycles. The fourth-order valence-electron chi connectivity index (χ4n) is 2.01. The van der Waals surface area contributed by atoms with E-state index in [1.165, 1.54) is 12.1 Å². The maximum atomic E-state index is 12.8. The lowest BCUT2D eigenvalue weighted by Gasteiger charge is -2.28. The van der Waals surface area contributed by atoms with Gasteiger partial charge in [-0.3, -0.25) is 0 Å². The van der Waals surface area contributed by atoms with Crippen molar-refractivity contribution in [3.8, 4) is 0 Å². The molecule has 1 nitrogen and oxygen atoms in total. The minimum atomic E-state index is -4.35. The molecule has 0 aliphatic carbocycles. The summed E-state index contributed by atoms with van der Waals surface area (Å²) in [5.41, 5.74) is -0.443. The van der Waals surface area contributed by atoms with Crippen LogP contribution in [-0.4, -0.2) is 12.0 Å². The van der Waals surface area contributed by atoms with E-state index in [9.17, 15) is 13.2 Å². The molecular weight excluding hydrogens is 253 g/mol. The van der Waals surface area contributed by atoms with Crippen LogP contribution in [0.4, 0.5) is 13.2 Å². The molecule has 0 amide bonds. The van der Waals surface area contributed by atoms with Crippen LogP contribution in [0.25, 0.3) is 0 Å². The molecule has 1 fully saturated rings. The second-order valence-electron chi connectivity index (χ2n) is 4.07. The Morgan fingerprint density at radius 1 is 1.24 bits per heavy atom. The fraction of sp³-hybridized carbons (Fsp3) is 0.500. The van der Waals surface area contributed by atoms with Crippen molar-refractivity contribution in [1.82, 2.24) is 0 Å². The van der Waals surface area contributed by atoms with Gasteiger partial charge in [-0.1, -0.05) is 18.2 Å². The number of benzene rings is 1. The van der Waals surface area contributed by atoms with Crippen LogP contribution in [0.15, 0.2) is 24.3 Å². The van der Waals surface area contributed by atoms with E-state index in [4.69, 9.17) is 16.3 Å². The van der Waals surface area contributed by atoms with Crippen molar-refractivity contribution < 1.29 is 17.9 Å². The first-order valence-electron chi connectivity index (χ1n) is 5.40. The summed E-state index contributed by atoms with van der Waals surface area (Å²) in [4.78, 5) is 0. The molecule has 0 N–H and O–H groups in total. The molecule has 5 heteroatoms. The third kappa shape index (κ3) is 2.93. The molecular formula is C12H12ClF3O. The topological polar surface area (TPSA) is 9.23 Å². The Balaban J connectivity index is 2.31. The van der Waals surface area contributed by atoms with Gasteiger partial charge in [-0.05, 0) is 24.5 Å². The highest BCUT2D eigenvalue weighted by molar-refractivity contribution is 6.20. The van der Waals surface area contributed by atoms with Crippen LogP contribution in [-0.2, 0) is 10.9 Å². The van der Waals surface area contributed by atoms with Crippen molar-refractivity contribution in [3.63, 3.8) is 0 Å². The summed E-state index contributed by atoms with van der Waals surface area (Å²) in [6.45, 7) is 0.408. The summed E-state index contributed by atoms with van der Waals surface area (Å²) in [7, 11) is 0. The van der Waals surface area contributed by atoms with Crippen LogP contribution in [0, 0.1) is 0 Å². The molecule has 2 atom stereocenters. The average Bonchev–Trinajstić information content (AvgIpc) is 2.28. The maximum Gasteiger partial charge on any atom is 0.416 e. The van der Waals surface area contributed by atoms with Crippen molar-refractivity contribution in [1.29, 1.82) is 0 Å². The van der Waals surface area contributed by atoms with Crippen LogP contribution in [0.1, 0.15) is 30.1 Å². The average molecular weight is 265 g/mol. The molecule has 0 radical (unpaired) electrons. The third-order valence-electron chi connectivity index (χ3n) is 2.83. The van der Waals surface area contributed by atoms with Crippen LogP contribution in [0.2, 0.25) is 0 Å². The van der Waals surface area contributed by atoms with E-state index < -0.39 is 17.8 Å². The summed E-state index contributed by atoms with van der Waals surface area (Å²) in [5.74, 6) is 0. The van der Waals surface area contributed by atoms with Gasteiger partial charge >= 0.3 is 6.18 Å². The van der Waals surface area contributed by atoms with Gasteiger partial charge in [-0.25, -0.2) is 0 Å². The van der Waals surface area contributed by atoms with Crippen LogP contribution < -0.4 is 0 Å². The number of hydrogen-bond acceptors (Lipinski definition) is 1. The summed E-state index contributed by atoms with van der Waals surface area (Å²) >= 11 is 5.97. The van der Waals surface area contributed by atoms with E-state index in [-0.39, 0.29) is 10.9 Å². The fourth-order valence-corrected chi connectivity index (χ4v) is 2.26. The summed E-state index contributed by atoms with van der Waals surface area (Å²) in [5, 5.41) is -0.116. The first kappa shape index (κ1) is 12.7. The Morgan fingerprint density at radius 2 is 1.94 bits per heavy atom. The lowest BCUT2D eigenvalue weighted by Crippen LogP contribution is -2.22. The van der Waals surface area contributed by atoms with E-state index >= 15 is 0 Å². The van der Waals surface area contributed by atoms with Crippen molar-refractivity contribution in [3.05, 3.63) is 35.4 Å². The van der Waals surface area contributed by atoms with Crippen molar-refractivity contribution >= 4 is 11.6 Å². The zero-order valence-corrected chi connectivity index (χ0v) is 9.76. The van der Waals surface area contributed by atoms with Crippen LogP contribution in [0.3, 0.4) is 0 Å². The highest BCUT2D eigenvalue weighted by Crippen LogP contribution is 2.39. The normalized spacial score (nSPS) is 25.9. The van der Waals surface area contributed by atoms with Gasteiger partial charge in [-0.15, -0.1) is 11.6 Å². The standard InChI is InChI=1S/C12H12ClF3O/c13-8-5-6-17-11(7-8)9-3-1-2-4-10(9)12(14,15)16/h1-4,8,11H,5-7H2. The maximum absolute atomic E-state index is 12.8. The Morgan fingerprint density at radius 3 is 2.59 bits per heavy atom. The molecule has 0 aromatic heterocycles. The summed E-state index contributed by atoms with van der Waals surface area (Å²) < 4.78 is 43.8. The Hall–Kier alpha value is -0.740. The largest absolute Gasteiger partial charge is 0.416 e. The van der Waals surface area contributed by atoms with Crippen LogP contribution in [0.5, 0.6) is 0 Å². The van der Waals surface area contributed by atoms with E-state index in [2.05, 4.69) is 0 Å². The molecule has 0 bridgehead atoms. The predicted octanol–water partition coefficient (Wildman–Crippen LogP) is 4.16. The van der Waals surface area contributed by atoms with E-state index in [1.807, 2.05) is 0 Å². The molecule has 1 aromatic rings. The minimum absolute atomic E-state index is 0.116. The lowest BCUT2D eigenvalue weighted by molar-refractivity contribution is -0.140. The highest BCUT2D eigenvalue weighted by atomic mass is 35.5. The molecule has 1 heterocycles. The van der Waals surface area contributed by atoms with Gasteiger partial charge in [0.1, 0.15) is 0 Å². The smallest absolute Gasteiger partial charge is 0.373 e. The van der Waals surface area contributed by atoms with Crippen molar-refractivity contribution in [2.45, 2.75) is 30.5 Å². The van der Waals surface area contributed by atoms with Gasteiger partial charge in [0.05, 0.1) is 11.7 Å². The quantitative estimate of drug-likeness (QED) is 0.692. The molecule has 0 saturated carbocycles. The lowest BCUT2D eigenvalue weighted by atomic mass is 9.96. The zero-order valence-electron chi connectivity index (χ0n) is 9.01. The first-order chi connectivity index (χ1) is 7.98. The molecule has 0 spiro atoms. The van der Waals surface area contributed by atoms with Gasteiger partial charge < -0.3 is 4.74 Å². The number of alkyl halides is 4. The second-order valence-corrected chi connectivity index (χ2v) is 4.68. The number of hydrogen-bond donors (Lipinski definition) is 0. The number of rotatable bonds is 1. The minimum Gasteiger partial charge on any atom is -0.373 e.